The number of aliphatic hydroxyl groups excluding tert-OH is 2. The summed E-state index contributed by atoms with van der Waals surface area (Å²) in [5, 5.41) is 22.8. The van der Waals surface area contributed by atoms with E-state index in [0.29, 0.717) is 12.4 Å². The monoisotopic (exact) mass is 357 g/mol. The van der Waals surface area contributed by atoms with Gasteiger partial charge in [-0.05, 0) is 45.2 Å². The normalized spacial score (nSPS) is 15.0. The van der Waals surface area contributed by atoms with Crippen LogP contribution in [0, 0.1) is 0 Å². The van der Waals surface area contributed by atoms with Gasteiger partial charge in [0.05, 0.1) is 13.2 Å². The summed E-state index contributed by atoms with van der Waals surface area (Å²) in [5.74, 6) is 1.46. The third kappa shape index (κ3) is 4.17. The Morgan fingerprint density at radius 2 is 2.08 bits per heavy atom. The zero-order chi connectivity index (χ0) is 18.7. The topological polar surface area (TPSA) is 94.4 Å². The predicted octanol–water partition coefficient (Wildman–Crippen LogP) is 1.14. The fraction of sp³-hybridized carbons (Fsp3) is 0.526. The van der Waals surface area contributed by atoms with Crippen LogP contribution in [-0.4, -0.2) is 57.1 Å². The molecule has 0 aromatic carbocycles. The molecule has 1 unspecified atom stereocenters. The molecule has 7 nitrogen and oxygen atoms in total. The highest BCUT2D eigenvalue weighted by molar-refractivity contribution is 5.58. The number of nitrogens with zero attached hydrogens (tertiary/aromatic N) is 4. The van der Waals surface area contributed by atoms with E-state index >= 15 is 0 Å². The van der Waals surface area contributed by atoms with Crippen LogP contribution in [0.1, 0.15) is 31.5 Å². The summed E-state index contributed by atoms with van der Waals surface area (Å²) in [4.78, 5) is 15.8. The SMILES string of the molecule is CN(CC(O)NC(C)(C)CO)c1nc(-c2ccccn2)nc2c1CCC2. The minimum Gasteiger partial charge on any atom is -0.394 e. The Hall–Kier alpha value is -2.09. The summed E-state index contributed by atoms with van der Waals surface area (Å²) in [7, 11) is 1.92. The quantitative estimate of drug-likeness (QED) is 0.640. The molecule has 140 valence electrons. The first-order chi connectivity index (χ1) is 12.4. The molecule has 0 radical (unpaired) electrons. The van der Waals surface area contributed by atoms with Gasteiger partial charge in [-0.2, -0.15) is 0 Å². The Balaban J connectivity index is 1.85. The number of rotatable bonds is 7. The van der Waals surface area contributed by atoms with Gasteiger partial charge in [0, 0.05) is 30.0 Å². The van der Waals surface area contributed by atoms with E-state index in [1.54, 1.807) is 6.20 Å². The fourth-order valence-corrected chi connectivity index (χ4v) is 3.23. The van der Waals surface area contributed by atoms with Gasteiger partial charge in [-0.15, -0.1) is 0 Å². The molecule has 1 atom stereocenters. The van der Waals surface area contributed by atoms with Crippen molar-refractivity contribution in [1.29, 1.82) is 0 Å². The fourth-order valence-electron chi connectivity index (χ4n) is 3.23. The molecule has 3 rings (SSSR count). The standard InChI is InChI=1S/C19H27N5O2/c1-19(2,12-25)23-16(26)11-24(3)18-13-7-6-9-14(13)21-17(22-18)15-8-4-5-10-20-15/h4-5,8,10,16,23,25-26H,6-7,9,11-12H2,1-3H3. The third-order valence-corrected chi connectivity index (χ3v) is 4.57. The number of aryl methyl sites for hydroxylation is 1. The molecule has 0 saturated heterocycles. The van der Waals surface area contributed by atoms with Crippen molar-refractivity contribution in [1.82, 2.24) is 20.3 Å². The van der Waals surface area contributed by atoms with Crippen LogP contribution in [0.4, 0.5) is 5.82 Å². The average molecular weight is 357 g/mol. The van der Waals surface area contributed by atoms with Crippen molar-refractivity contribution in [2.24, 2.45) is 0 Å². The van der Waals surface area contributed by atoms with Gasteiger partial charge in [0.15, 0.2) is 5.82 Å². The van der Waals surface area contributed by atoms with Crippen molar-refractivity contribution in [3.63, 3.8) is 0 Å². The average Bonchev–Trinajstić information content (AvgIpc) is 3.09. The van der Waals surface area contributed by atoms with Gasteiger partial charge in [-0.3, -0.25) is 10.3 Å². The number of hydrogen-bond donors (Lipinski definition) is 3. The molecule has 0 aliphatic heterocycles. The number of likely N-dealkylation sites (N-methyl/N-ethyl adjacent to an activating group) is 1. The van der Waals surface area contributed by atoms with Crippen molar-refractivity contribution in [3.8, 4) is 11.5 Å². The molecule has 26 heavy (non-hydrogen) atoms. The van der Waals surface area contributed by atoms with E-state index in [9.17, 15) is 10.2 Å². The molecule has 3 N–H and O–H groups in total. The molecule has 0 bridgehead atoms. The smallest absolute Gasteiger partial charge is 0.180 e. The molecule has 2 heterocycles. The van der Waals surface area contributed by atoms with Crippen LogP contribution in [0.5, 0.6) is 0 Å². The van der Waals surface area contributed by atoms with E-state index in [-0.39, 0.29) is 6.61 Å². The second-order valence-electron chi connectivity index (χ2n) is 7.45. The molecular weight excluding hydrogens is 330 g/mol. The number of fused-ring (bicyclic) bond motifs is 1. The first-order valence-corrected chi connectivity index (χ1v) is 8.98. The lowest BCUT2D eigenvalue weighted by molar-refractivity contribution is 0.0790. The van der Waals surface area contributed by atoms with Crippen LogP contribution in [0.25, 0.3) is 11.5 Å². The number of nitrogens with one attached hydrogen (secondary N) is 1. The molecule has 0 saturated carbocycles. The zero-order valence-corrected chi connectivity index (χ0v) is 15.6. The van der Waals surface area contributed by atoms with Crippen LogP contribution in [0.15, 0.2) is 24.4 Å². The summed E-state index contributed by atoms with van der Waals surface area (Å²) in [6.45, 7) is 3.99. The van der Waals surface area contributed by atoms with Gasteiger partial charge in [-0.1, -0.05) is 6.07 Å². The van der Waals surface area contributed by atoms with Gasteiger partial charge < -0.3 is 15.1 Å². The van der Waals surface area contributed by atoms with Crippen molar-refractivity contribution in [2.75, 3.05) is 25.1 Å². The Labute approximate surface area is 154 Å². The van der Waals surface area contributed by atoms with E-state index in [1.165, 1.54) is 0 Å². The lowest BCUT2D eigenvalue weighted by atomic mass is 10.1. The van der Waals surface area contributed by atoms with Crippen LogP contribution in [-0.2, 0) is 12.8 Å². The van der Waals surface area contributed by atoms with E-state index in [4.69, 9.17) is 9.97 Å². The highest BCUT2D eigenvalue weighted by Crippen LogP contribution is 2.30. The minimum atomic E-state index is -0.785. The molecular formula is C19H27N5O2. The summed E-state index contributed by atoms with van der Waals surface area (Å²) in [5.41, 5.74) is 2.42. The molecule has 1 aliphatic carbocycles. The summed E-state index contributed by atoms with van der Waals surface area (Å²) >= 11 is 0. The van der Waals surface area contributed by atoms with E-state index < -0.39 is 11.8 Å². The Bertz CT molecular complexity index is 751. The number of pyridine rings is 1. The van der Waals surface area contributed by atoms with E-state index in [2.05, 4.69) is 10.3 Å². The lowest BCUT2D eigenvalue weighted by Crippen LogP contribution is -2.52. The van der Waals surface area contributed by atoms with Crippen LogP contribution < -0.4 is 10.2 Å². The number of anilines is 1. The number of hydrogen-bond acceptors (Lipinski definition) is 7. The maximum atomic E-state index is 10.4. The molecule has 2 aromatic heterocycles. The Morgan fingerprint density at radius 1 is 1.27 bits per heavy atom. The number of aliphatic hydroxyl groups is 2. The second-order valence-corrected chi connectivity index (χ2v) is 7.45. The van der Waals surface area contributed by atoms with Crippen molar-refractivity contribution in [3.05, 3.63) is 35.7 Å². The Morgan fingerprint density at radius 3 is 2.77 bits per heavy atom. The summed E-state index contributed by atoms with van der Waals surface area (Å²) in [6, 6.07) is 5.70. The largest absolute Gasteiger partial charge is 0.394 e. The van der Waals surface area contributed by atoms with Gasteiger partial charge in [0.1, 0.15) is 17.7 Å². The first-order valence-electron chi connectivity index (χ1n) is 8.98. The maximum Gasteiger partial charge on any atom is 0.180 e. The number of aromatic nitrogens is 3. The van der Waals surface area contributed by atoms with Crippen LogP contribution in [0.3, 0.4) is 0 Å². The first kappa shape index (κ1) is 18.7. The van der Waals surface area contributed by atoms with Crippen molar-refractivity contribution >= 4 is 5.82 Å². The third-order valence-electron chi connectivity index (χ3n) is 4.57. The highest BCUT2D eigenvalue weighted by Gasteiger charge is 2.25. The summed E-state index contributed by atoms with van der Waals surface area (Å²) < 4.78 is 0. The zero-order valence-electron chi connectivity index (χ0n) is 15.6. The Kier molecular flexibility index (Phi) is 5.50. The molecule has 0 fully saturated rings. The van der Waals surface area contributed by atoms with Crippen LogP contribution in [0.2, 0.25) is 0 Å². The van der Waals surface area contributed by atoms with Gasteiger partial charge >= 0.3 is 0 Å². The molecule has 1 aliphatic rings. The molecule has 7 heteroatoms. The predicted molar refractivity (Wildman–Crippen MR) is 101 cm³/mol. The van der Waals surface area contributed by atoms with Gasteiger partial charge in [0.25, 0.3) is 0 Å². The minimum absolute atomic E-state index is 0.0551. The van der Waals surface area contributed by atoms with Crippen molar-refractivity contribution in [2.45, 2.75) is 44.9 Å². The molecule has 0 amide bonds. The van der Waals surface area contributed by atoms with Gasteiger partial charge in [-0.25, -0.2) is 9.97 Å². The molecule has 2 aromatic rings. The maximum absolute atomic E-state index is 10.4. The lowest BCUT2D eigenvalue weighted by Gasteiger charge is -2.30. The highest BCUT2D eigenvalue weighted by atomic mass is 16.3. The van der Waals surface area contributed by atoms with Gasteiger partial charge in [0.2, 0.25) is 0 Å². The van der Waals surface area contributed by atoms with E-state index in [1.807, 2.05) is 44.0 Å². The second kappa shape index (κ2) is 7.65. The molecule has 0 spiro atoms. The van der Waals surface area contributed by atoms with E-state index in [0.717, 1.165) is 42.0 Å². The van der Waals surface area contributed by atoms with Crippen LogP contribution >= 0.6 is 0 Å². The summed E-state index contributed by atoms with van der Waals surface area (Å²) in [6.07, 6.45) is 3.90. The van der Waals surface area contributed by atoms with Crippen molar-refractivity contribution < 1.29 is 10.2 Å².